The van der Waals surface area contributed by atoms with E-state index in [2.05, 4.69) is 43.0 Å². The summed E-state index contributed by atoms with van der Waals surface area (Å²) in [6.07, 6.45) is 0. The molecule has 0 saturated carbocycles. The number of benzene rings is 1. The fraction of sp³-hybridized carbons (Fsp3) is 0.333. The fourth-order valence-corrected chi connectivity index (χ4v) is 3.85. The van der Waals surface area contributed by atoms with Gasteiger partial charge < -0.3 is 5.32 Å². The summed E-state index contributed by atoms with van der Waals surface area (Å²) in [5.74, 6) is -0.196. The van der Waals surface area contributed by atoms with Crippen molar-refractivity contribution in [3.8, 4) is 0 Å². The van der Waals surface area contributed by atoms with Crippen LogP contribution in [0.2, 0.25) is 0 Å². The fourth-order valence-electron chi connectivity index (χ4n) is 2.69. The molecule has 1 aromatic heterocycles. The van der Waals surface area contributed by atoms with E-state index in [-0.39, 0.29) is 24.3 Å². The average Bonchev–Trinajstić information content (AvgIpc) is 2.99. The van der Waals surface area contributed by atoms with Gasteiger partial charge in [0.15, 0.2) is 0 Å². The van der Waals surface area contributed by atoms with Gasteiger partial charge in [-0.2, -0.15) is 11.3 Å². The van der Waals surface area contributed by atoms with Crippen molar-refractivity contribution in [3.63, 3.8) is 0 Å². The van der Waals surface area contributed by atoms with Crippen molar-refractivity contribution in [2.75, 3.05) is 26.2 Å². The lowest BCUT2D eigenvalue weighted by molar-refractivity contribution is 0.198. The summed E-state index contributed by atoms with van der Waals surface area (Å²) in [6, 6.07) is 7.55. The predicted octanol–water partition coefficient (Wildman–Crippen LogP) is 4.07. The Kier molecular flexibility index (Phi) is 6.20. The molecule has 114 valence electrons. The Morgan fingerprint density at radius 1 is 1.24 bits per heavy atom. The van der Waals surface area contributed by atoms with Crippen LogP contribution in [0.4, 0.5) is 4.39 Å². The third-order valence-electron chi connectivity index (χ3n) is 3.65. The average molecular weight is 392 g/mol. The lowest BCUT2D eigenvalue weighted by Crippen LogP contribution is -2.45. The van der Waals surface area contributed by atoms with Crippen LogP contribution in [0.5, 0.6) is 0 Å². The van der Waals surface area contributed by atoms with Crippen LogP contribution in [0.25, 0.3) is 0 Å². The van der Waals surface area contributed by atoms with E-state index >= 15 is 0 Å². The predicted molar refractivity (Wildman–Crippen MR) is 92.0 cm³/mol. The molecule has 0 radical (unpaired) electrons. The summed E-state index contributed by atoms with van der Waals surface area (Å²) in [5.41, 5.74) is 2.24. The number of hydrogen-bond donors (Lipinski definition) is 1. The normalized spacial score (nSPS) is 17.2. The van der Waals surface area contributed by atoms with Gasteiger partial charge in [-0.05, 0) is 49.9 Å². The van der Waals surface area contributed by atoms with E-state index in [1.165, 1.54) is 11.6 Å². The summed E-state index contributed by atoms with van der Waals surface area (Å²) in [5, 5.41) is 7.61. The molecule has 1 atom stereocenters. The molecule has 1 saturated heterocycles. The number of thiophene rings is 1. The van der Waals surface area contributed by atoms with E-state index in [0.29, 0.717) is 4.47 Å². The van der Waals surface area contributed by atoms with E-state index in [4.69, 9.17) is 0 Å². The molecule has 3 rings (SSSR count). The van der Waals surface area contributed by atoms with Gasteiger partial charge in [-0.3, -0.25) is 4.90 Å². The highest BCUT2D eigenvalue weighted by Crippen LogP contribution is 2.35. The third kappa shape index (κ3) is 3.66. The first kappa shape index (κ1) is 16.9. The Morgan fingerprint density at radius 2 is 2.00 bits per heavy atom. The van der Waals surface area contributed by atoms with Crippen molar-refractivity contribution in [1.29, 1.82) is 0 Å². The molecule has 6 heteroatoms. The van der Waals surface area contributed by atoms with Gasteiger partial charge in [0, 0.05) is 26.2 Å². The van der Waals surface area contributed by atoms with Gasteiger partial charge in [0.05, 0.1) is 10.5 Å². The molecule has 2 nitrogen and oxygen atoms in total. The van der Waals surface area contributed by atoms with Crippen LogP contribution in [-0.2, 0) is 0 Å². The lowest BCUT2D eigenvalue weighted by Gasteiger charge is -2.35. The topological polar surface area (TPSA) is 15.3 Å². The second-order valence-corrected chi connectivity index (χ2v) is 6.46. The van der Waals surface area contributed by atoms with Crippen LogP contribution >= 0.6 is 39.7 Å². The van der Waals surface area contributed by atoms with Gasteiger partial charge in [0.1, 0.15) is 5.82 Å². The van der Waals surface area contributed by atoms with E-state index in [0.717, 1.165) is 31.7 Å². The van der Waals surface area contributed by atoms with Gasteiger partial charge in [0.2, 0.25) is 0 Å². The maximum absolute atomic E-state index is 13.9. The molecule has 1 aliphatic rings. The highest BCUT2D eigenvalue weighted by Gasteiger charge is 2.26. The molecule has 0 unspecified atom stereocenters. The van der Waals surface area contributed by atoms with Crippen LogP contribution in [0.3, 0.4) is 0 Å². The molecule has 21 heavy (non-hydrogen) atoms. The number of nitrogens with zero attached hydrogens (tertiary/aromatic N) is 1. The Bertz CT molecular complexity index is 573. The maximum Gasteiger partial charge on any atom is 0.137 e. The van der Waals surface area contributed by atoms with Gasteiger partial charge in [-0.25, -0.2) is 4.39 Å². The molecule has 1 aliphatic heterocycles. The maximum atomic E-state index is 13.9. The quantitative estimate of drug-likeness (QED) is 0.848. The van der Waals surface area contributed by atoms with Crippen LogP contribution in [0.1, 0.15) is 17.2 Å². The molecule has 2 heterocycles. The molecular weight excluding hydrogens is 375 g/mol. The van der Waals surface area contributed by atoms with E-state index < -0.39 is 0 Å². The molecule has 1 N–H and O–H groups in total. The molecule has 1 fully saturated rings. The second-order valence-electron chi connectivity index (χ2n) is 4.89. The highest BCUT2D eigenvalue weighted by atomic mass is 79.9. The van der Waals surface area contributed by atoms with Crippen molar-refractivity contribution in [2.24, 2.45) is 0 Å². The monoisotopic (exact) mass is 390 g/mol. The van der Waals surface area contributed by atoms with Crippen LogP contribution < -0.4 is 5.32 Å². The molecule has 0 aliphatic carbocycles. The minimum Gasteiger partial charge on any atom is -0.314 e. The first-order valence-electron chi connectivity index (χ1n) is 6.68. The van der Waals surface area contributed by atoms with Crippen LogP contribution in [0, 0.1) is 5.82 Å². The second kappa shape index (κ2) is 7.70. The minimum atomic E-state index is -0.196. The minimum absolute atomic E-state index is 0. The molecule has 1 aromatic carbocycles. The first-order chi connectivity index (χ1) is 9.77. The summed E-state index contributed by atoms with van der Waals surface area (Å²) in [6.45, 7) is 3.91. The van der Waals surface area contributed by atoms with Gasteiger partial charge in [-0.15, -0.1) is 12.4 Å². The molecule has 2 aromatic rings. The smallest absolute Gasteiger partial charge is 0.137 e. The van der Waals surface area contributed by atoms with Crippen molar-refractivity contribution in [1.82, 2.24) is 10.2 Å². The SMILES string of the molecule is Cl.Fc1cccc([C@@H](c2ccsc2)N2CCNCC2)c1Br. The Hall–Kier alpha value is -0.460. The number of rotatable bonds is 3. The standard InChI is InChI=1S/C15H16BrFN2S.ClH/c16-14-12(2-1-3-13(14)17)15(11-4-9-20-10-11)19-7-5-18-6-8-19;/h1-4,9-10,15,18H,5-8H2;1H/t15-;/m1./s1. The van der Waals surface area contributed by atoms with Gasteiger partial charge in [-0.1, -0.05) is 12.1 Å². The third-order valence-corrected chi connectivity index (χ3v) is 5.19. The Balaban J connectivity index is 0.00000161. The molecule has 0 bridgehead atoms. The van der Waals surface area contributed by atoms with Crippen molar-refractivity contribution in [2.45, 2.75) is 6.04 Å². The summed E-state index contributed by atoms with van der Waals surface area (Å²) in [7, 11) is 0. The summed E-state index contributed by atoms with van der Waals surface area (Å²) >= 11 is 5.10. The van der Waals surface area contributed by atoms with E-state index in [9.17, 15) is 4.39 Å². The van der Waals surface area contributed by atoms with E-state index in [1.54, 1.807) is 17.4 Å². The zero-order valence-corrected chi connectivity index (χ0v) is 14.6. The van der Waals surface area contributed by atoms with E-state index in [1.807, 2.05) is 6.07 Å². The number of nitrogens with one attached hydrogen (secondary N) is 1. The summed E-state index contributed by atoms with van der Waals surface area (Å²) in [4.78, 5) is 2.41. The van der Waals surface area contributed by atoms with Gasteiger partial charge >= 0.3 is 0 Å². The molecule has 0 amide bonds. The van der Waals surface area contributed by atoms with Gasteiger partial charge in [0.25, 0.3) is 0 Å². The Morgan fingerprint density at radius 3 is 2.67 bits per heavy atom. The highest BCUT2D eigenvalue weighted by molar-refractivity contribution is 9.10. The summed E-state index contributed by atoms with van der Waals surface area (Å²) < 4.78 is 14.5. The first-order valence-corrected chi connectivity index (χ1v) is 8.41. The number of halogens is 3. The number of piperazine rings is 1. The zero-order valence-electron chi connectivity index (χ0n) is 11.4. The number of hydrogen-bond acceptors (Lipinski definition) is 3. The molecule has 0 spiro atoms. The molecular formula is C15H17BrClFN2S. The van der Waals surface area contributed by atoms with Crippen LogP contribution in [0.15, 0.2) is 39.5 Å². The zero-order chi connectivity index (χ0) is 13.9. The Labute approximate surface area is 142 Å². The van der Waals surface area contributed by atoms with Crippen molar-refractivity contribution < 1.29 is 4.39 Å². The van der Waals surface area contributed by atoms with Crippen molar-refractivity contribution >= 4 is 39.7 Å². The largest absolute Gasteiger partial charge is 0.314 e. The lowest BCUT2D eigenvalue weighted by atomic mass is 9.98. The van der Waals surface area contributed by atoms with Crippen molar-refractivity contribution in [3.05, 3.63) is 56.4 Å². The van der Waals surface area contributed by atoms with Crippen LogP contribution in [-0.4, -0.2) is 31.1 Å².